The third-order valence-corrected chi connectivity index (χ3v) is 8.57. The first-order valence-electron chi connectivity index (χ1n) is 12.4. The normalized spacial score (nSPS) is 10.8. The molecule has 0 aliphatic carbocycles. The van der Waals surface area contributed by atoms with Crippen molar-refractivity contribution in [3.8, 4) is 0 Å². The second-order valence-electron chi connectivity index (χ2n) is 8.80. The predicted octanol–water partition coefficient (Wildman–Crippen LogP) is 3.70. The molecule has 1 amide bonds. The third-order valence-electron chi connectivity index (χ3n) is 5.77. The summed E-state index contributed by atoms with van der Waals surface area (Å²) in [6, 6.07) is 19.9. The summed E-state index contributed by atoms with van der Waals surface area (Å²) < 4.78 is 57.8. The van der Waals surface area contributed by atoms with Crippen LogP contribution in [0.2, 0.25) is 0 Å². The largest absolute Gasteiger partial charge is 0.465 e. The standard InChI is InChI=1S/C14H12N2O6S.C13H11N3O6S/c1-22-14(17)10-2-4-11(5-3-10)15-23(20,21)13-8-6-12(7-9-13)16(18)19;17-13(14-18)9-1-3-10(4-2-9)15-23(21,22)12-7-5-11(6-8-12)16(19)20/h2-9,15H,1H3;1-8,15,18H,(H,14,17). The van der Waals surface area contributed by atoms with E-state index < -0.39 is 41.8 Å². The van der Waals surface area contributed by atoms with Crippen LogP contribution < -0.4 is 14.9 Å². The van der Waals surface area contributed by atoms with Crippen LogP contribution in [0.5, 0.6) is 0 Å². The Morgan fingerprint density at radius 1 is 0.630 bits per heavy atom. The van der Waals surface area contributed by atoms with Crippen molar-refractivity contribution >= 4 is 54.7 Å². The van der Waals surface area contributed by atoms with Crippen molar-refractivity contribution in [3.63, 3.8) is 0 Å². The number of carbonyl (C=O) groups excluding carboxylic acids is 2. The smallest absolute Gasteiger partial charge is 0.337 e. The summed E-state index contributed by atoms with van der Waals surface area (Å²) in [7, 11) is -6.56. The minimum atomic E-state index is -3.92. The van der Waals surface area contributed by atoms with Gasteiger partial charge in [-0.15, -0.1) is 0 Å². The Hall–Kier alpha value is -5.92. The van der Waals surface area contributed by atoms with Gasteiger partial charge in [0.1, 0.15) is 0 Å². The number of nitro benzene ring substituents is 2. The lowest BCUT2D eigenvalue weighted by Crippen LogP contribution is -2.18. The number of carbonyl (C=O) groups is 2. The molecule has 0 unspecified atom stereocenters. The highest BCUT2D eigenvalue weighted by atomic mass is 32.2. The molecule has 4 aromatic rings. The van der Waals surface area contributed by atoms with Gasteiger partial charge in [-0.25, -0.2) is 27.1 Å². The molecule has 0 bridgehead atoms. The van der Waals surface area contributed by atoms with Crippen LogP contribution in [0, 0.1) is 20.2 Å². The quantitative estimate of drug-likeness (QED) is 0.0813. The number of non-ortho nitro benzene ring substituents is 2. The number of nitro groups is 2. The van der Waals surface area contributed by atoms with Gasteiger partial charge in [0.2, 0.25) is 0 Å². The number of nitrogens with zero attached hydrogens (tertiary/aromatic N) is 2. The first kappa shape index (κ1) is 34.6. The molecule has 0 saturated heterocycles. The van der Waals surface area contributed by atoms with Crippen LogP contribution in [0.1, 0.15) is 20.7 Å². The second kappa shape index (κ2) is 14.7. The first-order valence-corrected chi connectivity index (χ1v) is 15.4. The number of ether oxygens (including phenoxy) is 1. The number of hydrogen-bond donors (Lipinski definition) is 4. The van der Waals surface area contributed by atoms with Gasteiger partial charge in [0.15, 0.2) is 0 Å². The van der Waals surface area contributed by atoms with Crippen molar-refractivity contribution in [1.29, 1.82) is 0 Å². The van der Waals surface area contributed by atoms with E-state index in [1.165, 1.54) is 61.1 Å². The van der Waals surface area contributed by atoms with Gasteiger partial charge < -0.3 is 4.74 Å². The monoisotopic (exact) mass is 673 g/mol. The molecule has 0 atom stereocenters. The summed E-state index contributed by atoms with van der Waals surface area (Å²) in [6.45, 7) is 0. The Labute approximate surface area is 260 Å². The zero-order valence-corrected chi connectivity index (χ0v) is 25.0. The van der Waals surface area contributed by atoms with Crippen molar-refractivity contribution in [3.05, 3.63) is 128 Å². The highest BCUT2D eigenvalue weighted by Gasteiger charge is 2.18. The number of anilines is 2. The average Bonchev–Trinajstić information content (AvgIpc) is 3.04. The van der Waals surface area contributed by atoms with Crippen molar-refractivity contribution < 1.29 is 46.2 Å². The molecular formula is C27H23N5O12S2. The van der Waals surface area contributed by atoms with Crippen LogP contribution in [0.3, 0.4) is 0 Å². The van der Waals surface area contributed by atoms with Gasteiger partial charge in [-0.2, -0.15) is 0 Å². The van der Waals surface area contributed by atoms with Gasteiger partial charge in [0.25, 0.3) is 37.3 Å². The molecule has 17 nitrogen and oxygen atoms in total. The molecule has 0 aromatic heterocycles. The van der Waals surface area contributed by atoms with E-state index in [0.29, 0.717) is 0 Å². The molecule has 4 aromatic carbocycles. The average molecular weight is 674 g/mol. The maximum absolute atomic E-state index is 12.2. The summed E-state index contributed by atoms with van der Waals surface area (Å²) in [5.41, 5.74) is 1.90. The minimum Gasteiger partial charge on any atom is -0.465 e. The molecule has 19 heteroatoms. The van der Waals surface area contributed by atoms with E-state index in [1.807, 2.05) is 0 Å². The van der Waals surface area contributed by atoms with Gasteiger partial charge in [0.05, 0.1) is 32.3 Å². The number of nitrogens with one attached hydrogen (secondary N) is 3. The molecule has 0 spiro atoms. The molecule has 4 N–H and O–H groups in total. The van der Waals surface area contributed by atoms with Crippen LogP contribution >= 0.6 is 0 Å². The van der Waals surface area contributed by atoms with Crippen molar-refractivity contribution in [2.45, 2.75) is 9.79 Å². The zero-order valence-electron chi connectivity index (χ0n) is 23.4. The molecule has 0 fully saturated rings. The number of methoxy groups -OCH3 is 1. The van der Waals surface area contributed by atoms with E-state index in [1.54, 1.807) is 0 Å². The number of hydroxylamine groups is 1. The molecule has 240 valence electrons. The summed E-state index contributed by atoms with van der Waals surface area (Å²) in [4.78, 5) is 42.1. The Morgan fingerprint density at radius 3 is 1.28 bits per heavy atom. The predicted molar refractivity (Wildman–Crippen MR) is 161 cm³/mol. The molecule has 0 aliphatic heterocycles. The van der Waals surface area contributed by atoms with Crippen LogP contribution in [0.4, 0.5) is 22.7 Å². The molecular weight excluding hydrogens is 650 g/mol. The lowest BCUT2D eigenvalue weighted by Gasteiger charge is -2.08. The van der Waals surface area contributed by atoms with E-state index in [2.05, 4.69) is 14.2 Å². The van der Waals surface area contributed by atoms with Crippen LogP contribution in [0.15, 0.2) is 107 Å². The number of amides is 1. The number of benzene rings is 4. The maximum atomic E-state index is 12.2. The van der Waals surface area contributed by atoms with Crippen molar-refractivity contribution in [2.75, 3.05) is 16.6 Å². The van der Waals surface area contributed by atoms with Crippen molar-refractivity contribution in [1.82, 2.24) is 5.48 Å². The Bertz CT molecular complexity index is 1800. The SMILES string of the molecule is COC(=O)c1ccc(NS(=O)(=O)c2ccc([N+](=O)[O-])cc2)cc1.O=C(NO)c1ccc(NS(=O)(=O)c2ccc([N+](=O)[O-])cc2)cc1. The lowest BCUT2D eigenvalue weighted by atomic mass is 10.2. The number of esters is 1. The first-order chi connectivity index (χ1) is 21.7. The molecule has 0 radical (unpaired) electrons. The van der Waals surface area contributed by atoms with Gasteiger partial charge in [-0.05, 0) is 72.8 Å². The third kappa shape index (κ3) is 9.05. The maximum Gasteiger partial charge on any atom is 0.337 e. The molecule has 46 heavy (non-hydrogen) atoms. The van der Waals surface area contributed by atoms with Crippen LogP contribution in [-0.2, 0) is 24.8 Å². The van der Waals surface area contributed by atoms with Crippen LogP contribution in [-0.4, -0.2) is 50.9 Å². The van der Waals surface area contributed by atoms with Gasteiger partial charge in [0, 0.05) is 41.2 Å². The van der Waals surface area contributed by atoms with E-state index in [9.17, 15) is 46.7 Å². The number of sulfonamides is 2. The lowest BCUT2D eigenvalue weighted by molar-refractivity contribution is -0.385. The van der Waals surface area contributed by atoms with Crippen molar-refractivity contribution in [2.24, 2.45) is 0 Å². The van der Waals surface area contributed by atoms with Gasteiger partial charge in [-0.1, -0.05) is 0 Å². The van der Waals surface area contributed by atoms with E-state index in [4.69, 9.17) is 5.21 Å². The summed E-state index contributed by atoms with van der Waals surface area (Å²) in [5, 5.41) is 29.6. The minimum absolute atomic E-state index is 0.111. The fraction of sp³-hybridized carbons (Fsp3) is 0.0370. The van der Waals surface area contributed by atoms with E-state index >= 15 is 0 Å². The molecule has 0 saturated carbocycles. The Balaban J connectivity index is 0.000000250. The number of rotatable bonds is 10. The van der Waals surface area contributed by atoms with Gasteiger partial charge in [-0.3, -0.25) is 39.7 Å². The van der Waals surface area contributed by atoms with E-state index in [-0.39, 0.29) is 43.7 Å². The zero-order chi connectivity index (χ0) is 34.1. The fourth-order valence-electron chi connectivity index (χ4n) is 3.47. The molecule has 4 rings (SSSR count). The fourth-order valence-corrected chi connectivity index (χ4v) is 5.59. The summed E-state index contributed by atoms with van der Waals surface area (Å²) in [6.07, 6.45) is 0. The molecule has 0 heterocycles. The van der Waals surface area contributed by atoms with Gasteiger partial charge >= 0.3 is 5.97 Å². The second-order valence-corrected chi connectivity index (χ2v) is 12.2. The Morgan fingerprint density at radius 2 is 0.978 bits per heavy atom. The topological polar surface area (TPSA) is 254 Å². The number of hydrogen-bond acceptors (Lipinski definition) is 12. The summed E-state index contributed by atoms with van der Waals surface area (Å²) >= 11 is 0. The summed E-state index contributed by atoms with van der Waals surface area (Å²) in [5.74, 6) is -1.26. The highest BCUT2D eigenvalue weighted by molar-refractivity contribution is 7.93. The highest BCUT2D eigenvalue weighted by Crippen LogP contribution is 2.21. The molecule has 0 aliphatic rings. The Kier molecular flexibility index (Phi) is 11.1. The van der Waals surface area contributed by atoms with E-state index in [0.717, 1.165) is 48.5 Å². The van der Waals surface area contributed by atoms with Crippen LogP contribution in [0.25, 0.3) is 0 Å².